The summed E-state index contributed by atoms with van der Waals surface area (Å²) in [5, 5.41) is 0. The minimum Gasteiger partial charge on any atom is -0.303 e. The summed E-state index contributed by atoms with van der Waals surface area (Å²) >= 11 is 0. The molecule has 0 unspecified atom stereocenters. The highest BCUT2D eigenvalue weighted by atomic mass is 15.2. The van der Waals surface area contributed by atoms with Crippen LogP contribution in [0.15, 0.2) is 90.6 Å². The van der Waals surface area contributed by atoms with Crippen LogP contribution in [-0.4, -0.2) is 7.85 Å². The molecule has 2 bridgehead atoms. The molecule has 0 aromatic heterocycles. The molecule has 0 fully saturated rings. The Bertz CT molecular complexity index is 2800. The van der Waals surface area contributed by atoms with Crippen molar-refractivity contribution in [2.24, 2.45) is 0 Å². The topological polar surface area (TPSA) is 3.24 Å². The summed E-state index contributed by atoms with van der Waals surface area (Å²) in [6.45, 7) is 31.1. The zero-order valence-corrected chi connectivity index (χ0v) is 39.6. The van der Waals surface area contributed by atoms with Gasteiger partial charge in [0.15, 0.2) is 0 Å². The zero-order valence-electron chi connectivity index (χ0n) is 39.6. The molecule has 0 atom stereocenters. The Morgan fingerprint density at radius 1 is 0.672 bits per heavy atom. The number of benzene rings is 5. The molecular formula is C59H66BN. The molecule has 61 heavy (non-hydrogen) atoms. The SMILES string of the molecule is Bc1c2cc3c(c1N(c1cc4c(cc1C)C(C)(C)CCC4(C)C)/C(C#C)=C(/C=C(\C)c1ccccc1C(C)(C)C)c1cc4c(cc1-2)C(C)(C)CCC4(C)C)Cc1ccccc1-3. The van der Waals surface area contributed by atoms with E-state index < -0.39 is 0 Å². The summed E-state index contributed by atoms with van der Waals surface area (Å²) in [5.41, 5.74) is 26.1. The number of fused-ring (bicyclic) bond motifs is 10. The maximum Gasteiger partial charge on any atom is 0.142 e. The summed E-state index contributed by atoms with van der Waals surface area (Å²) in [7, 11) is 2.37. The lowest BCUT2D eigenvalue weighted by Crippen LogP contribution is -2.35. The van der Waals surface area contributed by atoms with Gasteiger partial charge in [-0.15, -0.1) is 6.42 Å². The Kier molecular flexibility index (Phi) is 9.33. The number of rotatable bonds is 3. The number of aryl methyl sites for hydroxylation is 1. The van der Waals surface area contributed by atoms with Crippen LogP contribution in [0.5, 0.6) is 0 Å². The molecule has 0 radical (unpaired) electrons. The van der Waals surface area contributed by atoms with Crippen LogP contribution >= 0.6 is 0 Å². The van der Waals surface area contributed by atoms with Gasteiger partial charge in [0.05, 0.1) is 0 Å². The van der Waals surface area contributed by atoms with E-state index in [1.54, 1.807) is 0 Å². The lowest BCUT2D eigenvalue weighted by Gasteiger charge is -2.44. The highest BCUT2D eigenvalue weighted by molar-refractivity contribution is 6.41. The maximum atomic E-state index is 7.14. The number of hydrogen-bond donors (Lipinski definition) is 0. The molecule has 0 saturated carbocycles. The Labute approximate surface area is 369 Å². The molecule has 1 heterocycles. The van der Waals surface area contributed by atoms with Gasteiger partial charge in [0.2, 0.25) is 0 Å². The van der Waals surface area contributed by atoms with Gasteiger partial charge >= 0.3 is 0 Å². The largest absolute Gasteiger partial charge is 0.303 e. The van der Waals surface area contributed by atoms with Crippen molar-refractivity contribution >= 4 is 35.8 Å². The van der Waals surface area contributed by atoms with Crippen molar-refractivity contribution in [2.45, 2.75) is 149 Å². The molecule has 1 aliphatic heterocycles. The van der Waals surface area contributed by atoms with Crippen LogP contribution in [0.4, 0.5) is 11.4 Å². The van der Waals surface area contributed by atoms with Gasteiger partial charge in [0.25, 0.3) is 0 Å². The second-order valence-corrected chi connectivity index (χ2v) is 22.8. The Hall–Kier alpha value is -5.00. The van der Waals surface area contributed by atoms with Crippen molar-refractivity contribution in [3.8, 4) is 34.6 Å². The first-order valence-corrected chi connectivity index (χ1v) is 22.9. The van der Waals surface area contributed by atoms with Gasteiger partial charge in [0, 0.05) is 23.4 Å². The van der Waals surface area contributed by atoms with E-state index in [0.29, 0.717) is 0 Å². The second-order valence-electron chi connectivity index (χ2n) is 22.8. The van der Waals surface area contributed by atoms with Crippen LogP contribution in [0.3, 0.4) is 0 Å². The van der Waals surface area contributed by atoms with E-state index in [1.165, 1.54) is 107 Å². The molecule has 9 rings (SSSR count). The quantitative estimate of drug-likeness (QED) is 0.127. The minimum atomic E-state index is -0.0283. The number of anilines is 2. The standard InChI is InChI=1S/C59H66BN/c1-15-51-43(28-35(2)38-21-18-19-23-46(38)55(4,5)6)41-32-48-49(58(11,12)26-25-57(48,9)10)33-42(41)44-31-40-39-22-17-16-20-37(39)30-45(40)54(53(44)60)61(51)52-34-50-47(29-36(52)3)56(7,8)24-27-59(50,13)14/h1,16-23,28-29,31-34H,24-27,30,60H2,2-14H3/b35-28+,51-43-. The highest BCUT2D eigenvalue weighted by Gasteiger charge is 2.42. The first-order valence-electron chi connectivity index (χ1n) is 22.9. The van der Waals surface area contributed by atoms with Crippen molar-refractivity contribution in [3.05, 3.63) is 146 Å². The van der Waals surface area contributed by atoms with Crippen molar-refractivity contribution in [1.82, 2.24) is 0 Å². The molecule has 2 heteroatoms. The van der Waals surface area contributed by atoms with Gasteiger partial charge in [-0.25, -0.2) is 0 Å². The molecule has 0 spiro atoms. The van der Waals surface area contributed by atoms with E-state index in [-0.39, 0.29) is 27.1 Å². The first-order chi connectivity index (χ1) is 28.6. The van der Waals surface area contributed by atoms with E-state index in [1.807, 2.05) is 0 Å². The Balaban J connectivity index is 1.48. The van der Waals surface area contributed by atoms with Gasteiger partial charge in [-0.3, -0.25) is 0 Å². The summed E-state index contributed by atoms with van der Waals surface area (Å²) in [6, 6.07) is 30.8. The van der Waals surface area contributed by atoms with Crippen LogP contribution in [0.1, 0.15) is 164 Å². The van der Waals surface area contributed by atoms with Crippen LogP contribution < -0.4 is 10.4 Å². The molecule has 4 aliphatic rings. The van der Waals surface area contributed by atoms with Gasteiger partial charge in [-0.1, -0.05) is 142 Å². The van der Waals surface area contributed by atoms with E-state index in [0.717, 1.165) is 37.0 Å². The molecule has 0 amide bonds. The van der Waals surface area contributed by atoms with E-state index in [9.17, 15) is 0 Å². The summed E-state index contributed by atoms with van der Waals surface area (Å²) < 4.78 is 0. The third-order valence-corrected chi connectivity index (χ3v) is 15.7. The van der Waals surface area contributed by atoms with Crippen molar-refractivity contribution < 1.29 is 0 Å². The fraction of sp³-hybridized carbons (Fsp3) is 0.390. The third kappa shape index (κ3) is 6.43. The van der Waals surface area contributed by atoms with Crippen LogP contribution in [0, 0.1) is 19.3 Å². The van der Waals surface area contributed by atoms with Gasteiger partial charge < -0.3 is 4.90 Å². The van der Waals surface area contributed by atoms with E-state index in [4.69, 9.17) is 6.42 Å². The molecule has 3 aliphatic carbocycles. The number of nitrogens with zero attached hydrogens (tertiary/aromatic N) is 1. The van der Waals surface area contributed by atoms with Crippen molar-refractivity contribution in [1.29, 1.82) is 0 Å². The molecule has 1 nitrogen and oxygen atoms in total. The number of terminal acetylenes is 1. The van der Waals surface area contributed by atoms with E-state index in [2.05, 4.69) is 194 Å². The first kappa shape index (κ1) is 41.4. The van der Waals surface area contributed by atoms with Crippen LogP contribution in [0.25, 0.3) is 33.4 Å². The molecular weight excluding hydrogens is 733 g/mol. The molecule has 5 aromatic rings. The third-order valence-electron chi connectivity index (χ3n) is 15.7. The number of allylic oxidation sites excluding steroid dienone is 4. The van der Waals surface area contributed by atoms with Gasteiger partial charge in [0.1, 0.15) is 13.5 Å². The van der Waals surface area contributed by atoms with Crippen LogP contribution in [0.2, 0.25) is 0 Å². The highest BCUT2D eigenvalue weighted by Crippen LogP contribution is 2.55. The van der Waals surface area contributed by atoms with E-state index >= 15 is 0 Å². The monoisotopic (exact) mass is 800 g/mol. The maximum absolute atomic E-state index is 7.14. The Morgan fingerprint density at radius 3 is 1.82 bits per heavy atom. The Morgan fingerprint density at radius 2 is 1.21 bits per heavy atom. The molecule has 0 N–H and O–H groups in total. The predicted molar refractivity (Wildman–Crippen MR) is 267 cm³/mol. The van der Waals surface area contributed by atoms with Gasteiger partial charge in [-0.2, -0.15) is 0 Å². The fourth-order valence-electron chi connectivity index (χ4n) is 11.6. The summed E-state index contributed by atoms with van der Waals surface area (Å²) in [6.07, 6.45) is 15.1. The average molecular weight is 800 g/mol. The number of hydrogen-bond acceptors (Lipinski definition) is 1. The summed E-state index contributed by atoms with van der Waals surface area (Å²) in [4.78, 5) is 2.56. The zero-order chi connectivity index (χ0) is 43.8. The lowest BCUT2D eigenvalue weighted by molar-refractivity contribution is 0.332. The van der Waals surface area contributed by atoms with Crippen molar-refractivity contribution in [3.63, 3.8) is 0 Å². The lowest BCUT2D eigenvalue weighted by atomic mass is 9.61. The van der Waals surface area contributed by atoms with Gasteiger partial charge in [-0.05, 0) is 180 Å². The smallest absolute Gasteiger partial charge is 0.142 e. The minimum absolute atomic E-state index is 0.0193. The predicted octanol–water partition coefficient (Wildman–Crippen LogP) is 14.1. The molecule has 310 valence electrons. The van der Waals surface area contributed by atoms with Crippen molar-refractivity contribution in [2.75, 3.05) is 4.90 Å². The molecule has 0 saturated heterocycles. The summed E-state index contributed by atoms with van der Waals surface area (Å²) in [5.74, 6) is 3.48. The normalized spacial score (nSPS) is 20.3. The van der Waals surface area contributed by atoms with Crippen LogP contribution in [-0.2, 0) is 33.5 Å². The molecule has 5 aromatic carbocycles. The fourth-order valence-corrected chi connectivity index (χ4v) is 11.6. The second kappa shape index (κ2) is 13.8. The average Bonchev–Trinajstić information content (AvgIpc) is 3.57.